The molecule has 0 aliphatic rings. The summed E-state index contributed by atoms with van der Waals surface area (Å²) >= 11 is 0. The predicted octanol–water partition coefficient (Wildman–Crippen LogP) is 6.49. The smallest absolute Gasteiger partial charge is 0.123 e. The van der Waals surface area contributed by atoms with Crippen LogP contribution in [0.4, 0.5) is 20.2 Å². The molecule has 0 radical (unpaired) electrons. The maximum atomic E-state index is 12.0. The first-order chi connectivity index (χ1) is 19.1. The molecule has 4 nitrogen and oxygen atoms in total. The van der Waals surface area contributed by atoms with Gasteiger partial charge in [0.05, 0.1) is 0 Å². The van der Waals surface area contributed by atoms with E-state index in [9.17, 15) is 8.78 Å². The van der Waals surface area contributed by atoms with Gasteiger partial charge in [-0.3, -0.25) is 0 Å². The summed E-state index contributed by atoms with van der Waals surface area (Å²) in [7, 11) is 1.88. The second-order valence-electron chi connectivity index (χ2n) is 8.07. The standard InChI is InChI=1S/C17H16FNO.C16H14FNO/c1-19-16-8-4-14(5-9-16)2-3-15-6-10-17(11-7-15)20-13-12-18;17-11-12-19-16-9-5-14(6-10-16)2-1-13-3-7-15(18)8-4-13/h4-11,19H,12-13H2,1H3;3-10H,11-12,18H2. The molecule has 6 heteroatoms. The molecule has 0 aromatic heterocycles. The monoisotopic (exact) mass is 524 g/mol. The van der Waals surface area contributed by atoms with Crippen LogP contribution in [-0.2, 0) is 0 Å². The average molecular weight is 525 g/mol. The highest BCUT2D eigenvalue weighted by molar-refractivity contribution is 5.50. The third-order valence-electron chi connectivity index (χ3n) is 5.19. The molecule has 198 valence electrons. The summed E-state index contributed by atoms with van der Waals surface area (Å²) in [4.78, 5) is 0. The Bertz CT molecular complexity index is 1400. The molecule has 39 heavy (non-hydrogen) atoms. The minimum absolute atomic E-state index is 0.0798. The Kier molecular flexibility index (Phi) is 11.8. The van der Waals surface area contributed by atoms with Crippen molar-refractivity contribution in [3.63, 3.8) is 0 Å². The van der Waals surface area contributed by atoms with E-state index in [4.69, 9.17) is 15.2 Å². The van der Waals surface area contributed by atoms with Crippen molar-refractivity contribution in [2.75, 3.05) is 44.7 Å². The van der Waals surface area contributed by atoms with Gasteiger partial charge in [0.15, 0.2) is 0 Å². The quantitative estimate of drug-likeness (QED) is 0.214. The Morgan fingerprint density at radius 3 is 1.23 bits per heavy atom. The van der Waals surface area contributed by atoms with E-state index >= 15 is 0 Å². The highest BCUT2D eigenvalue weighted by atomic mass is 19.1. The minimum Gasteiger partial charge on any atom is -0.491 e. The van der Waals surface area contributed by atoms with Crippen molar-refractivity contribution in [2.24, 2.45) is 0 Å². The normalized spacial score (nSPS) is 9.51. The van der Waals surface area contributed by atoms with Crippen molar-refractivity contribution in [3.05, 3.63) is 119 Å². The van der Waals surface area contributed by atoms with Gasteiger partial charge in [-0.05, 0) is 97.1 Å². The Morgan fingerprint density at radius 1 is 0.564 bits per heavy atom. The van der Waals surface area contributed by atoms with Crippen molar-refractivity contribution in [1.29, 1.82) is 0 Å². The second-order valence-corrected chi connectivity index (χ2v) is 8.07. The van der Waals surface area contributed by atoms with E-state index in [1.165, 1.54) is 0 Å². The number of ether oxygens (including phenoxy) is 2. The third-order valence-corrected chi connectivity index (χ3v) is 5.19. The zero-order valence-corrected chi connectivity index (χ0v) is 21.7. The van der Waals surface area contributed by atoms with Crippen molar-refractivity contribution in [2.45, 2.75) is 0 Å². The molecule has 0 heterocycles. The lowest BCUT2D eigenvalue weighted by Gasteiger charge is -2.02. The van der Waals surface area contributed by atoms with Gasteiger partial charge in [0.1, 0.15) is 38.1 Å². The van der Waals surface area contributed by atoms with Gasteiger partial charge in [-0.25, -0.2) is 8.78 Å². The number of benzene rings is 4. The average Bonchev–Trinajstić information content (AvgIpc) is 2.99. The highest BCUT2D eigenvalue weighted by Crippen LogP contribution is 2.13. The predicted molar refractivity (Wildman–Crippen MR) is 155 cm³/mol. The molecule has 3 N–H and O–H groups in total. The molecule has 0 fully saturated rings. The summed E-state index contributed by atoms with van der Waals surface area (Å²) in [5.74, 6) is 13.6. The number of rotatable bonds is 7. The van der Waals surface area contributed by atoms with E-state index in [0.29, 0.717) is 11.5 Å². The van der Waals surface area contributed by atoms with Crippen molar-refractivity contribution >= 4 is 11.4 Å². The number of alkyl halides is 2. The Hall–Kier alpha value is -4.94. The fourth-order valence-corrected chi connectivity index (χ4v) is 3.16. The van der Waals surface area contributed by atoms with Crippen LogP contribution in [0.1, 0.15) is 22.3 Å². The fourth-order valence-electron chi connectivity index (χ4n) is 3.16. The van der Waals surface area contributed by atoms with Gasteiger partial charge in [-0.15, -0.1) is 0 Å². The van der Waals surface area contributed by atoms with Crippen LogP contribution in [-0.4, -0.2) is 33.6 Å². The van der Waals surface area contributed by atoms with Gasteiger partial charge in [0, 0.05) is 40.7 Å². The lowest BCUT2D eigenvalue weighted by Crippen LogP contribution is -1.98. The van der Waals surface area contributed by atoms with Crippen LogP contribution in [0.3, 0.4) is 0 Å². The second kappa shape index (κ2) is 16.0. The van der Waals surface area contributed by atoms with E-state index in [0.717, 1.165) is 33.6 Å². The summed E-state index contributed by atoms with van der Waals surface area (Å²) in [6.45, 7) is -0.803. The molecular weight excluding hydrogens is 494 g/mol. The van der Waals surface area contributed by atoms with Crippen LogP contribution in [0.2, 0.25) is 0 Å². The molecule has 0 amide bonds. The molecule has 0 aliphatic carbocycles. The Labute approximate surface area is 228 Å². The Balaban J connectivity index is 0.000000216. The molecule has 0 saturated heterocycles. The van der Waals surface area contributed by atoms with E-state index in [1.54, 1.807) is 24.3 Å². The molecule has 0 aliphatic heterocycles. The topological polar surface area (TPSA) is 56.5 Å². The first-order valence-electron chi connectivity index (χ1n) is 12.3. The summed E-state index contributed by atoms with van der Waals surface area (Å²) in [5.41, 5.74) is 11.0. The number of anilines is 2. The summed E-state index contributed by atoms with van der Waals surface area (Å²) < 4.78 is 34.2. The number of halogens is 2. The summed E-state index contributed by atoms with van der Waals surface area (Å²) in [5, 5.41) is 3.06. The number of hydrogen-bond donors (Lipinski definition) is 2. The van der Waals surface area contributed by atoms with Crippen molar-refractivity contribution in [1.82, 2.24) is 0 Å². The van der Waals surface area contributed by atoms with Gasteiger partial charge >= 0.3 is 0 Å². The third kappa shape index (κ3) is 10.5. The molecule has 0 atom stereocenters. The molecule has 0 unspecified atom stereocenters. The van der Waals surface area contributed by atoms with Crippen LogP contribution in [0, 0.1) is 23.7 Å². The molecule has 0 bridgehead atoms. The maximum absolute atomic E-state index is 12.0. The zero-order chi connectivity index (χ0) is 27.7. The van der Waals surface area contributed by atoms with Gasteiger partial charge in [0.25, 0.3) is 0 Å². The van der Waals surface area contributed by atoms with Gasteiger partial charge in [-0.2, -0.15) is 0 Å². The van der Waals surface area contributed by atoms with E-state index in [-0.39, 0.29) is 13.2 Å². The lowest BCUT2D eigenvalue weighted by molar-refractivity contribution is 0.273. The zero-order valence-electron chi connectivity index (χ0n) is 21.7. The lowest BCUT2D eigenvalue weighted by atomic mass is 10.1. The SMILES string of the molecule is CNc1ccc(C#Cc2ccc(OCCF)cc2)cc1.Nc1ccc(C#Cc2ccc(OCCF)cc2)cc1. The van der Waals surface area contributed by atoms with Gasteiger partial charge in [-0.1, -0.05) is 23.7 Å². The minimum atomic E-state index is -0.487. The maximum Gasteiger partial charge on any atom is 0.123 e. The largest absolute Gasteiger partial charge is 0.491 e. The molecule has 0 saturated carbocycles. The van der Waals surface area contributed by atoms with Crippen LogP contribution < -0.4 is 20.5 Å². The van der Waals surface area contributed by atoms with Crippen LogP contribution in [0.5, 0.6) is 11.5 Å². The van der Waals surface area contributed by atoms with Gasteiger partial charge in [0.2, 0.25) is 0 Å². The fraction of sp³-hybridized carbons (Fsp3) is 0.152. The molecule has 4 aromatic rings. The van der Waals surface area contributed by atoms with Crippen molar-refractivity contribution in [3.8, 4) is 35.2 Å². The van der Waals surface area contributed by atoms with Gasteiger partial charge < -0.3 is 20.5 Å². The Morgan fingerprint density at radius 2 is 0.897 bits per heavy atom. The summed E-state index contributed by atoms with van der Waals surface area (Å²) in [6, 6.07) is 29.9. The van der Waals surface area contributed by atoms with E-state index in [1.807, 2.05) is 79.8 Å². The van der Waals surface area contributed by atoms with Crippen molar-refractivity contribution < 1.29 is 18.3 Å². The number of nitrogens with two attached hydrogens (primary N) is 1. The van der Waals surface area contributed by atoms with E-state index < -0.39 is 13.3 Å². The molecule has 0 spiro atoms. The van der Waals surface area contributed by atoms with Crippen LogP contribution in [0.25, 0.3) is 0 Å². The molecular formula is C33H30F2N2O2. The number of nitrogen functional groups attached to an aromatic ring is 1. The first-order valence-corrected chi connectivity index (χ1v) is 12.3. The van der Waals surface area contributed by atoms with E-state index in [2.05, 4.69) is 29.0 Å². The highest BCUT2D eigenvalue weighted by Gasteiger charge is 1.95. The molecule has 4 rings (SSSR count). The molecule has 4 aromatic carbocycles. The summed E-state index contributed by atoms with van der Waals surface area (Å²) in [6.07, 6.45) is 0. The van der Waals surface area contributed by atoms with Crippen LogP contribution >= 0.6 is 0 Å². The van der Waals surface area contributed by atoms with Crippen LogP contribution in [0.15, 0.2) is 97.1 Å². The first kappa shape index (κ1) is 28.6. The number of hydrogen-bond acceptors (Lipinski definition) is 4. The number of nitrogens with one attached hydrogen (secondary N) is 1.